The van der Waals surface area contributed by atoms with E-state index in [2.05, 4.69) is 5.32 Å². The zero-order chi connectivity index (χ0) is 28.2. The molecule has 0 spiro atoms. The summed E-state index contributed by atoms with van der Waals surface area (Å²) < 4.78 is 50.7. The fourth-order valence-electron chi connectivity index (χ4n) is 5.03. The van der Waals surface area contributed by atoms with Crippen LogP contribution >= 0.6 is 0 Å². The molecule has 4 atom stereocenters. The minimum atomic E-state index is -4.55. The zero-order valence-corrected chi connectivity index (χ0v) is 21.4. The number of aliphatic hydroxyl groups is 2. The summed E-state index contributed by atoms with van der Waals surface area (Å²) in [5.41, 5.74) is 0.0949. The molecule has 1 aliphatic carbocycles. The number of fused-ring (bicyclic) bond motifs is 3. The highest BCUT2D eigenvalue weighted by atomic mass is 19.4. The monoisotopic (exact) mass is 548 g/mol. The first-order valence-electron chi connectivity index (χ1n) is 12.8. The summed E-state index contributed by atoms with van der Waals surface area (Å²) in [6.07, 6.45) is -4.78. The molecule has 0 saturated heterocycles. The van der Waals surface area contributed by atoms with Crippen molar-refractivity contribution < 1.29 is 42.4 Å². The number of alkyl halides is 3. The molecule has 0 aromatic heterocycles. The standard InChI is InChI=1S/C28H31F3N2O6/c1-2-38-15-5-13-33(27(37)17-8-10-18(11-9-17)28(29,30)31)21-16-20(26(36)32-12-14-34)23-19-6-3-4-7-22(19)39-25(23)24(21)35/h3-4,6-11,16,21,23-25,34-35H,2,5,12-15H2,1H3,(H,32,36). The molecule has 39 heavy (non-hydrogen) atoms. The summed E-state index contributed by atoms with van der Waals surface area (Å²) in [7, 11) is 0. The normalized spacial score (nSPS) is 21.8. The van der Waals surface area contributed by atoms with Crippen molar-refractivity contribution in [2.24, 2.45) is 0 Å². The van der Waals surface area contributed by atoms with Gasteiger partial charge in [0.2, 0.25) is 5.91 Å². The Morgan fingerprint density at radius 3 is 2.51 bits per heavy atom. The van der Waals surface area contributed by atoms with Gasteiger partial charge in [-0.25, -0.2) is 0 Å². The number of nitrogens with one attached hydrogen (secondary N) is 1. The van der Waals surface area contributed by atoms with Crippen LogP contribution in [0.3, 0.4) is 0 Å². The number of nitrogens with zero attached hydrogens (tertiary/aromatic N) is 1. The average Bonchev–Trinajstić information content (AvgIpc) is 3.32. The van der Waals surface area contributed by atoms with E-state index in [0.29, 0.717) is 30.9 Å². The predicted molar refractivity (Wildman–Crippen MR) is 135 cm³/mol. The van der Waals surface area contributed by atoms with E-state index >= 15 is 0 Å². The molecule has 0 saturated carbocycles. The van der Waals surface area contributed by atoms with Crippen LogP contribution in [0.1, 0.15) is 40.7 Å². The number of hydrogen-bond acceptors (Lipinski definition) is 6. The van der Waals surface area contributed by atoms with E-state index in [1.165, 1.54) is 11.0 Å². The molecule has 11 heteroatoms. The predicted octanol–water partition coefficient (Wildman–Crippen LogP) is 2.90. The first kappa shape index (κ1) is 28.6. The van der Waals surface area contributed by atoms with Gasteiger partial charge < -0.3 is 29.9 Å². The number of para-hydroxylation sites is 1. The maximum Gasteiger partial charge on any atom is 0.416 e. The van der Waals surface area contributed by atoms with Crippen LogP contribution in [-0.4, -0.2) is 78.1 Å². The number of halogens is 3. The lowest BCUT2D eigenvalue weighted by Gasteiger charge is -2.40. The molecular formula is C28H31F3N2O6. The van der Waals surface area contributed by atoms with E-state index in [0.717, 1.165) is 24.3 Å². The second-order valence-electron chi connectivity index (χ2n) is 9.30. The quantitative estimate of drug-likeness (QED) is 0.394. The minimum absolute atomic E-state index is 0.00374. The van der Waals surface area contributed by atoms with E-state index in [1.807, 2.05) is 6.92 Å². The van der Waals surface area contributed by atoms with Crippen LogP contribution in [-0.2, 0) is 15.7 Å². The number of amides is 2. The van der Waals surface area contributed by atoms with Crippen LogP contribution in [0.15, 0.2) is 60.2 Å². The van der Waals surface area contributed by atoms with Crippen molar-refractivity contribution >= 4 is 11.8 Å². The molecule has 2 aromatic rings. The van der Waals surface area contributed by atoms with Gasteiger partial charge in [0.05, 0.1) is 24.1 Å². The highest BCUT2D eigenvalue weighted by molar-refractivity contribution is 5.97. The summed E-state index contributed by atoms with van der Waals surface area (Å²) >= 11 is 0. The minimum Gasteiger partial charge on any atom is -0.486 e. The summed E-state index contributed by atoms with van der Waals surface area (Å²) in [6, 6.07) is 9.92. The van der Waals surface area contributed by atoms with Crippen molar-refractivity contribution in [3.8, 4) is 5.75 Å². The summed E-state index contributed by atoms with van der Waals surface area (Å²) in [5, 5.41) is 23.3. The molecule has 0 radical (unpaired) electrons. The number of aliphatic hydroxyl groups excluding tert-OH is 2. The van der Waals surface area contributed by atoms with Crippen molar-refractivity contribution in [1.29, 1.82) is 0 Å². The second-order valence-corrected chi connectivity index (χ2v) is 9.30. The zero-order valence-electron chi connectivity index (χ0n) is 21.4. The first-order chi connectivity index (χ1) is 18.7. The smallest absolute Gasteiger partial charge is 0.416 e. The van der Waals surface area contributed by atoms with E-state index < -0.39 is 47.7 Å². The maximum atomic E-state index is 13.7. The molecule has 1 heterocycles. The summed E-state index contributed by atoms with van der Waals surface area (Å²) in [5.74, 6) is -1.19. The van der Waals surface area contributed by atoms with Crippen LogP contribution < -0.4 is 10.1 Å². The lowest BCUT2D eigenvalue weighted by molar-refractivity contribution is -0.137. The van der Waals surface area contributed by atoms with Gasteiger partial charge in [-0.3, -0.25) is 9.59 Å². The van der Waals surface area contributed by atoms with Gasteiger partial charge in [-0.15, -0.1) is 0 Å². The van der Waals surface area contributed by atoms with Crippen molar-refractivity contribution in [3.63, 3.8) is 0 Å². The van der Waals surface area contributed by atoms with Crippen LogP contribution in [0, 0.1) is 0 Å². The Kier molecular flexibility index (Phi) is 8.94. The van der Waals surface area contributed by atoms with Gasteiger partial charge in [0.1, 0.15) is 18.0 Å². The third-order valence-corrected chi connectivity index (χ3v) is 6.85. The molecule has 210 valence electrons. The Hall–Kier alpha value is -3.41. The number of carbonyl (C=O) groups excluding carboxylic acids is 2. The summed E-state index contributed by atoms with van der Waals surface area (Å²) in [4.78, 5) is 28.2. The Balaban J connectivity index is 1.72. The number of ether oxygens (including phenoxy) is 2. The third-order valence-electron chi connectivity index (χ3n) is 6.85. The highest BCUT2D eigenvalue weighted by Crippen LogP contribution is 2.47. The second kappa shape index (κ2) is 12.2. The molecule has 2 amide bonds. The Morgan fingerprint density at radius 1 is 1.13 bits per heavy atom. The lowest BCUT2D eigenvalue weighted by Crippen LogP contribution is -2.56. The molecular weight excluding hydrogens is 517 g/mol. The van der Waals surface area contributed by atoms with E-state index in [-0.39, 0.29) is 30.8 Å². The number of carbonyl (C=O) groups is 2. The van der Waals surface area contributed by atoms with Gasteiger partial charge in [0, 0.05) is 43.0 Å². The Bertz CT molecular complexity index is 1200. The van der Waals surface area contributed by atoms with Crippen LogP contribution in [0.5, 0.6) is 5.75 Å². The van der Waals surface area contributed by atoms with Gasteiger partial charge in [-0.1, -0.05) is 18.2 Å². The average molecular weight is 549 g/mol. The maximum absolute atomic E-state index is 13.7. The molecule has 8 nitrogen and oxygen atoms in total. The molecule has 2 aromatic carbocycles. The van der Waals surface area contributed by atoms with Crippen molar-refractivity contribution in [2.75, 3.05) is 32.9 Å². The van der Waals surface area contributed by atoms with Crippen molar-refractivity contribution in [3.05, 3.63) is 76.9 Å². The van der Waals surface area contributed by atoms with Gasteiger partial charge in [0.25, 0.3) is 5.91 Å². The third kappa shape index (κ3) is 6.10. The molecule has 4 rings (SSSR count). The van der Waals surface area contributed by atoms with Crippen LogP contribution in [0.2, 0.25) is 0 Å². The molecule has 3 N–H and O–H groups in total. The van der Waals surface area contributed by atoms with Gasteiger partial charge in [-0.05, 0) is 49.8 Å². The van der Waals surface area contributed by atoms with E-state index in [9.17, 15) is 33.0 Å². The topological polar surface area (TPSA) is 108 Å². The largest absolute Gasteiger partial charge is 0.486 e. The van der Waals surface area contributed by atoms with Gasteiger partial charge in [0.15, 0.2) is 0 Å². The van der Waals surface area contributed by atoms with Gasteiger partial charge in [-0.2, -0.15) is 13.2 Å². The van der Waals surface area contributed by atoms with E-state index in [4.69, 9.17) is 9.47 Å². The van der Waals surface area contributed by atoms with Crippen LogP contribution in [0.25, 0.3) is 0 Å². The fraction of sp³-hybridized carbons (Fsp3) is 0.429. The molecule has 4 unspecified atom stereocenters. The van der Waals surface area contributed by atoms with Crippen molar-refractivity contribution in [2.45, 2.75) is 43.7 Å². The number of benzene rings is 2. The van der Waals surface area contributed by atoms with E-state index in [1.54, 1.807) is 24.3 Å². The first-order valence-corrected chi connectivity index (χ1v) is 12.8. The van der Waals surface area contributed by atoms with Gasteiger partial charge >= 0.3 is 6.18 Å². The molecule has 1 aliphatic heterocycles. The number of rotatable bonds is 10. The fourth-order valence-corrected chi connectivity index (χ4v) is 5.03. The summed E-state index contributed by atoms with van der Waals surface area (Å²) in [6.45, 7) is 2.44. The molecule has 0 fully saturated rings. The highest BCUT2D eigenvalue weighted by Gasteiger charge is 2.50. The number of hydrogen-bond donors (Lipinski definition) is 3. The molecule has 0 bridgehead atoms. The van der Waals surface area contributed by atoms with Crippen molar-refractivity contribution in [1.82, 2.24) is 10.2 Å². The SMILES string of the molecule is CCOCCCN(C(=O)c1ccc(C(F)(F)F)cc1)C1C=C(C(=O)NCCO)C2c3ccccc3OC2C1O. The lowest BCUT2D eigenvalue weighted by atomic mass is 9.77. The Labute approximate surface area is 224 Å². The van der Waals surface area contributed by atoms with Crippen LogP contribution in [0.4, 0.5) is 13.2 Å². The Morgan fingerprint density at radius 2 is 1.85 bits per heavy atom. The molecule has 2 aliphatic rings.